The molecule has 1 aromatic heterocycles. The third-order valence-electron chi connectivity index (χ3n) is 4.00. The van der Waals surface area contributed by atoms with E-state index in [9.17, 15) is 14.7 Å². The Balaban J connectivity index is 0.000000482. The molecule has 0 saturated carbocycles. The largest absolute Gasteiger partial charge is 0.486 e. The molecule has 10 heteroatoms. The van der Waals surface area contributed by atoms with Crippen LogP contribution in [0.3, 0.4) is 0 Å². The summed E-state index contributed by atoms with van der Waals surface area (Å²) in [5.74, 6) is -0.634. The van der Waals surface area contributed by atoms with E-state index in [0.717, 1.165) is 17.3 Å². The number of fused-ring (bicyclic) bond motifs is 1. The molecule has 2 atom stereocenters. The summed E-state index contributed by atoms with van der Waals surface area (Å²) in [6.45, 7) is 9.23. The number of aliphatic carboxylic acids is 1. The summed E-state index contributed by atoms with van der Waals surface area (Å²) in [5, 5.41) is 20.8. The summed E-state index contributed by atoms with van der Waals surface area (Å²) in [7, 11) is 0.632. The minimum atomic E-state index is -1.13. The summed E-state index contributed by atoms with van der Waals surface area (Å²) >= 11 is 0. The lowest BCUT2D eigenvalue weighted by Gasteiger charge is -2.22. The number of pyridine rings is 1. The highest BCUT2D eigenvalue weighted by molar-refractivity contribution is 6.15. The molecule has 2 rings (SSSR count). The molecule has 0 bridgehead atoms. The van der Waals surface area contributed by atoms with Gasteiger partial charge in [0.15, 0.2) is 0 Å². The Labute approximate surface area is 189 Å². The van der Waals surface area contributed by atoms with Crippen molar-refractivity contribution < 1.29 is 29.1 Å². The molecule has 2 aromatic rings. The van der Waals surface area contributed by atoms with Crippen molar-refractivity contribution in [2.24, 2.45) is 11.7 Å². The van der Waals surface area contributed by atoms with E-state index in [0.29, 0.717) is 19.3 Å². The highest BCUT2D eigenvalue weighted by Gasteiger charge is 2.24. The van der Waals surface area contributed by atoms with Crippen LogP contribution in [-0.4, -0.2) is 52.7 Å². The van der Waals surface area contributed by atoms with Crippen LogP contribution in [0.1, 0.15) is 46.7 Å². The minimum absolute atomic E-state index is 0.0827. The van der Waals surface area contributed by atoms with Gasteiger partial charge in [-0.2, -0.15) is 0 Å². The van der Waals surface area contributed by atoms with Crippen LogP contribution in [0.5, 0.6) is 0 Å². The molecule has 1 aromatic carbocycles. The molecule has 0 aliphatic carbocycles. The zero-order valence-electron chi connectivity index (χ0n) is 19.2. The fraction of sp³-hybridized carbons (Fsp3) is 0.500. The second-order valence-corrected chi connectivity index (χ2v) is 8.65. The van der Waals surface area contributed by atoms with Gasteiger partial charge >= 0.3 is 19.7 Å². The molecular weight excluding hydrogens is 413 g/mol. The summed E-state index contributed by atoms with van der Waals surface area (Å²) < 4.78 is 9.65. The molecule has 9 nitrogen and oxygen atoms in total. The van der Waals surface area contributed by atoms with Gasteiger partial charge < -0.3 is 30.6 Å². The van der Waals surface area contributed by atoms with Gasteiger partial charge in [-0.05, 0) is 45.2 Å². The van der Waals surface area contributed by atoms with Crippen molar-refractivity contribution in [2.75, 3.05) is 0 Å². The number of nitrogens with zero attached hydrogens (tertiary/aromatic N) is 1. The molecule has 175 valence electrons. The fourth-order valence-corrected chi connectivity index (χ4v) is 2.68. The van der Waals surface area contributed by atoms with E-state index in [1.54, 1.807) is 26.8 Å². The van der Waals surface area contributed by atoms with Crippen molar-refractivity contribution in [1.82, 2.24) is 10.3 Å². The highest BCUT2D eigenvalue weighted by atomic mass is 16.6. The fourth-order valence-electron chi connectivity index (χ4n) is 2.68. The molecule has 1 radical (unpaired) electrons. The normalized spacial score (nSPS) is 13.0. The number of aromatic nitrogens is 1. The van der Waals surface area contributed by atoms with Crippen LogP contribution < -0.4 is 11.1 Å². The van der Waals surface area contributed by atoms with E-state index in [1.807, 2.05) is 44.2 Å². The number of carboxylic acid groups (broad SMARTS) is 1. The van der Waals surface area contributed by atoms with Crippen LogP contribution in [0.15, 0.2) is 36.4 Å². The van der Waals surface area contributed by atoms with Gasteiger partial charge in [-0.3, -0.25) is 4.98 Å². The molecule has 0 spiro atoms. The second kappa shape index (κ2) is 13.0. The number of carboxylic acids is 1. The van der Waals surface area contributed by atoms with Gasteiger partial charge in [-0.25, -0.2) is 9.59 Å². The van der Waals surface area contributed by atoms with Crippen molar-refractivity contribution in [1.29, 1.82) is 0 Å². The maximum absolute atomic E-state index is 11.8. The first-order chi connectivity index (χ1) is 14.9. The molecule has 1 amide bonds. The number of benzene rings is 1. The smallest absolute Gasteiger partial charge is 0.480 e. The van der Waals surface area contributed by atoms with Crippen molar-refractivity contribution in [2.45, 2.75) is 65.3 Å². The Morgan fingerprint density at radius 3 is 2.41 bits per heavy atom. The maximum atomic E-state index is 11.8. The first-order valence-corrected chi connectivity index (χ1v) is 10.3. The minimum Gasteiger partial charge on any atom is -0.480 e. The number of carbonyl (C=O) groups excluding carboxylic acids is 1. The Kier molecular flexibility index (Phi) is 11.1. The van der Waals surface area contributed by atoms with Crippen LogP contribution in [0, 0.1) is 5.92 Å². The average molecular weight is 446 g/mol. The van der Waals surface area contributed by atoms with Gasteiger partial charge in [0.2, 0.25) is 0 Å². The van der Waals surface area contributed by atoms with Crippen molar-refractivity contribution in [3.8, 4) is 0 Å². The third-order valence-corrected chi connectivity index (χ3v) is 4.00. The number of hydrogen-bond acceptors (Lipinski definition) is 7. The van der Waals surface area contributed by atoms with E-state index in [2.05, 4.69) is 15.0 Å². The molecule has 0 aliphatic heterocycles. The quantitative estimate of drug-likeness (QED) is 0.358. The Morgan fingerprint density at radius 2 is 1.84 bits per heavy atom. The van der Waals surface area contributed by atoms with Crippen molar-refractivity contribution in [3.63, 3.8) is 0 Å². The van der Waals surface area contributed by atoms with E-state index >= 15 is 0 Å². The first-order valence-electron chi connectivity index (χ1n) is 10.3. The number of amides is 1. The molecule has 0 aliphatic rings. The highest BCUT2D eigenvalue weighted by Crippen LogP contribution is 2.13. The molecule has 0 saturated heterocycles. The monoisotopic (exact) mass is 446 g/mol. The Bertz CT molecular complexity index is 872. The number of hydrogen-bond donors (Lipinski definition) is 4. The van der Waals surface area contributed by atoms with Gasteiger partial charge in [-0.1, -0.05) is 38.1 Å². The van der Waals surface area contributed by atoms with Crippen LogP contribution in [0.2, 0.25) is 0 Å². The lowest BCUT2D eigenvalue weighted by atomic mass is 10.1. The van der Waals surface area contributed by atoms with Gasteiger partial charge in [0.05, 0.1) is 11.7 Å². The van der Waals surface area contributed by atoms with Gasteiger partial charge in [0, 0.05) is 17.5 Å². The standard InChI is InChI=1S/C17H20N2O4.C5H13BNO2/c1-17(2,3)23-16(22)19-14(15(20)21)10-12-9-8-11-6-4-5-7-13(11)18-12;1-4(2)3-5(7)9-6-8/h4-9,14H,10H2,1-3H3,(H,19,22)(H,20,21);4-5,8H,3,7H2,1-2H3/t14-;5-/m01/s1. The molecule has 32 heavy (non-hydrogen) atoms. The molecule has 5 N–H and O–H groups in total. The van der Waals surface area contributed by atoms with E-state index < -0.39 is 23.7 Å². The number of ether oxygens (including phenoxy) is 1. The predicted molar refractivity (Wildman–Crippen MR) is 123 cm³/mol. The number of nitrogens with one attached hydrogen (secondary N) is 1. The molecular formula is C22H33BN3O6. The van der Waals surface area contributed by atoms with Crippen molar-refractivity contribution in [3.05, 3.63) is 42.1 Å². The van der Waals surface area contributed by atoms with Crippen molar-refractivity contribution >= 4 is 30.7 Å². The van der Waals surface area contributed by atoms with Gasteiger partial charge in [-0.15, -0.1) is 0 Å². The first kappa shape index (κ1) is 27.3. The number of alkyl carbamates (subject to hydrolysis) is 1. The van der Waals surface area contributed by atoms with Crippen LogP contribution in [0.4, 0.5) is 4.79 Å². The topological polar surface area (TPSA) is 144 Å². The number of para-hydroxylation sites is 1. The van der Waals surface area contributed by atoms with E-state index in [1.165, 1.54) is 0 Å². The second-order valence-electron chi connectivity index (χ2n) is 8.65. The average Bonchev–Trinajstić information content (AvgIpc) is 2.66. The molecule has 1 heterocycles. The lowest BCUT2D eigenvalue weighted by molar-refractivity contribution is -0.139. The molecule has 0 unspecified atom stereocenters. The summed E-state index contributed by atoms with van der Waals surface area (Å²) in [4.78, 5) is 27.6. The predicted octanol–water partition coefficient (Wildman–Crippen LogP) is 2.62. The van der Waals surface area contributed by atoms with Crippen LogP contribution in [0.25, 0.3) is 10.9 Å². The SMILES string of the molecule is CC(C)(C)OC(=O)N[C@@H](Cc1ccc2ccccc2n1)C(=O)O.CC(C)C[C@H](N)O[B]O. The Hall–Kier alpha value is -2.69. The Morgan fingerprint density at radius 1 is 1.19 bits per heavy atom. The number of rotatable bonds is 8. The zero-order valence-corrected chi connectivity index (χ0v) is 19.2. The third kappa shape index (κ3) is 11.1. The van der Waals surface area contributed by atoms with E-state index in [4.69, 9.17) is 15.5 Å². The zero-order chi connectivity index (χ0) is 24.3. The van der Waals surface area contributed by atoms with Gasteiger partial charge in [0.1, 0.15) is 11.6 Å². The summed E-state index contributed by atoms with van der Waals surface area (Å²) in [6.07, 6.45) is -0.281. The number of nitrogens with two attached hydrogens (primary N) is 1. The van der Waals surface area contributed by atoms with Crippen LogP contribution in [-0.2, 0) is 20.6 Å². The molecule has 0 fully saturated rings. The number of carbonyl (C=O) groups is 2. The van der Waals surface area contributed by atoms with Crippen LogP contribution >= 0.6 is 0 Å². The van der Waals surface area contributed by atoms with Gasteiger partial charge in [0.25, 0.3) is 0 Å². The summed E-state index contributed by atoms with van der Waals surface area (Å²) in [6, 6.07) is 10.1. The maximum Gasteiger partial charge on any atom is 0.486 e. The van der Waals surface area contributed by atoms with E-state index in [-0.39, 0.29) is 12.6 Å². The lowest BCUT2D eigenvalue weighted by Crippen LogP contribution is -2.44. The summed E-state index contributed by atoms with van der Waals surface area (Å²) in [5.41, 5.74) is 6.06.